The second-order valence-electron chi connectivity index (χ2n) is 5.52. The van der Waals surface area contributed by atoms with Gasteiger partial charge in [-0.1, -0.05) is 6.07 Å². The molecule has 1 heterocycles. The maximum atomic E-state index is 13.2. The molecule has 21 heavy (non-hydrogen) atoms. The minimum Gasteiger partial charge on any atom is -0.480 e. The summed E-state index contributed by atoms with van der Waals surface area (Å²) >= 11 is 0. The Kier molecular flexibility index (Phi) is 5.64. The molecule has 0 amide bonds. The highest BCUT2D eigenvalue weighted by atomic mass is 19.2. The first-order valence-corrected chi connectivity index (χ1v) is 7.13. The molecule has 0 spiro atoms. The Morgan fingerprint density at radius 1 is 1.38 bits per heavy atom. The zero-order chi connectivity index (χ0) is 15.2. The van der Waals surface area contributed by atoms with Gasteiger partial charge < -0.3 is 10.4 Å². The number of nitrogens with zero attached hydrogens (tertiary/aromatic N) is 1. The molecule has 0 bridgehead atoms. The predicted octanol–water partition coefficient (Wildman–Crippen LogP) is 1.85. The third-order valence-corrected chi connectivity index (χ3v) is 3.70. The van der Waals surface area contributed by atoms with Gasteiger partial charge in [-0.2, -0.15) is 0 Å². The molecule has 1 aromatic rings. The van der Waals surface area contributed by atoms with Crippen molar-refractivity contribution in [3.8, 4) is 0 Å². The van der Waals surface area contributed by atoms with Crippen LogP contribution in [0.2, 0.25) is 0 Å². The Morgan fingerprint density at radius 3 is 2.90 bits per heavy atom. The first-order valence-electron chi connectivity index (χ1n) is 7.13. The summed E-state index contributed by atoms with van der Waals surface area (Å²) < 4.78 is 26.1. The molecular weight excluding hydrogens is 278 g/mol. The van der Waals surface area contributed by atoms with Crippen LogP contribution in [-0.4, -0.2) is 42.2 Å². The van der Waals surface area contributed by atoms with E-state index in [-0.39, 0.29) is 6.54 Å². The summed E-state index contributed by atoms with van der Waals surface area (Å²) in [6, 6.07) is 3.99. The maximum absolute atomic E-state index is 13.2. The van der Waals surface area contributed by atoms with Crippen molar-refractivity contribution in [3.63, 3.8) is 0 Å². The van der Waals surface area contributed by atoms with Gasteiger partial charge in [-0.05, 0) is 49.5 Å². The third kappa shape index (κ3) is 5.06. The summed E-state index contributed by atoms with van der Waals surface area (Å²) in [5, 5.41) is 11.5. The Morgan fingerprint density at radius 2 is 2.19 bits per heavy atom. The van der Waals surface area contributed by atoms with E-state index in [1.807, 2.05) is 0 Å². The van der Waals surface area contributed by atoms with Crippen molar-refractivity contribution >= 4 is 5.97 Å². The second-order valence-corrected chi connectivity index (χ2v) is 5.52. The predicted molar refractivity (Wildman–Crippen MR) is 74.9 cm³/mol. The molecule has 1 atom stereocenters. The first-order chi connectivity index (χ1) is 10.0. The van der Waals surface area contributed by atoms with Crippen molar-refractivity contribution < 1.29 is 18.7 Å². The largest absolute Gasteiger partial charge is 0.480 e. The van der Waals surface area contributed by atoms with E-state index < -0.39 is 17.6 Å². The summed E-state index contributed by atoms with van der Waals surface area (Å²) in [5.41, 5.74) is 0.757. The smallest absolute Gasteiger partial charge is 0.317 e. The lowest BCUT2D eigenvalue weighted by atomic mass is 9.97. The van der Waals surface area contributed by atoms with Crippen LogP contribution in [0.1, 0.15) is 18.4 Å². The topological polar surface area (TPSA) is 52.6 Å². The van der Waals surface area contributed by atoms with Crippen LogP contribution in [-0.2, 0) is 11.3 Å². The molecule has 1 saturated heterocycles. The van der Waals surface area contributed by atoms with Crippen LogP contribution in [0.15, 0.2) is 18.2 Å². The van der Waals surface area contributed by atoms with Crippen molar-refractivity contribution in [2.24, 2.45) is 5.92 Å². The molecule has 1 aliphatic heterocycles. The van der Waals surface area contributed by atoms with Gasteiger partial charge >= 0.3 is 5.97 Å². The van der Waals surface area contributed by atoms with Crippen LogP contribution >= 0.6 is 0 Å². The summed E-state index contributed by atoms with van der Waals surface area (Å²) in [4.78, 5) is 12.7. The highest BCUT2D eigenvalue weighted by Crippen LogP contribution is 2.19. The van der Waals surface area contributed by atoms with Crippen LogP contribution < -0.4 is 5.32 Å². The molecule has 0 saturated carbocycles. The lowest BCUT2D eigenvalue weighted by Gasteiger charge is -2.32. The highest BCUT2D eigenvalue weighted by Gasteiger charge is 2.20. The number of nitrogens with one attached hydrogen (secondary N) is 1. The molecule has 1 aliphatic rings. The number of rotatable bonds is 6. The van der Waals surface area contributed by atoms with Crippen LogP contribution in [0.3, 0.4) is 0 Å². The molecule has 6 heteroatoms. The van der Waals surface area contributed by atoms with Crippen molar-refractivity contribution in [2.45, 2.75) is 19.4 Å². The number of carbonyl (C=O) groups is 1. The lowest BCUT2D eigenvalue weighted by Crippen LogP contribution is -2.40. The van der Waals surface area contributed by atoms with E-state index in [0.717, 1.165) is 37.6 Å². The van der Waals surface area contributed by atoms with Gasteiger partial charge in [-0.25, -0.2) is 8.78 Å². The summed E-state index contributed by atoms with van der Waals surface area (Å²) in [6.07, 6.45) is 2.09. The van der Waals surface area contributed by atoms with Gasteiger partial charge in [-0.15, -0.1) is 0 Å². The molecule has 0 aromatic heterocycles. The quantitative estimate of drug-likeness (QED) is 0.841. The normalized spacial score (nSPS) is 19.6. The Labute approximate surface area is 122 Å². The fourth-order valence-corrected chi connectivity index (χ4v) is 2.74. The number of carboxylic acids is 1. The second kappa shape index (κ2) is 7.47. The van der Waals surface area contributed by atoms with Crippen LogP contribution in [0.4, 0.5) is 8.78 Å². The Hall–Kier alpha value is -1.53. The summed E-state index contributed by atoms with van der Waals surface area (Å²) in [7, 11) is 0. The fourth-order valence-electron chi connectivity index (χ4n) is 2.74. The molecule has 0 aliphatic carbocycles. The van der Waals surface area contributed by atoms with Crippen LogP contribution in [0.25, 0.3) is 0 Å². The van der Waals surface area contributed by atoms with Gasteiger partial charge in [0.2, 0.25) is 0 Å². The van der Waals surface area contributed by atoms with E-state index in [1.54, 1.807) is 6.07 Å². The van der Waals surface area contributed by atoms with Gasteiger partial charge in [0.05, 0.1) is 6.54 Å². The molecule has 1 unspecified atom stereocenters. The van der Waals surface area contributed by atoms with Crippen molar-refractivity contribution in [1.82, 2.24) is 10.2 Å². The molecule has 0 radical (unpaired) electrons. The van der Waals surface area contributed by atoms with Crippen molar-refractivity contribution in [3.05, 3.63) is 35.4 Å². The zero-order valence-electron chi connectivity index (χ0n) is 11.8. The molecule has 2 rings (SSSR count). The number of aliphatic carboxylic acids is 1. The SMILES string of the molecule is O=C(O)CNCC1CCCN(Cc2ccc(F)c(F)c2)C1. The molecule has 1 aromatic carbocycles. The average Bonchev–Trinajstić information content (AvgIpc) is 2.43. The number of benzene rings is 1. The molecule has 1 fully saturated rings. The van der Waals surface area contributed by atoms with E-state index in [2.05, 4.69) is 10.2 Å². The van der Waals surface area contributed by atoms with Gasteiger partial charge in [-0.3, -0.25) is 9.69 Å². The van der Waals surface area contributed by atoms with Gasteiger partial charge in [0.15, 0.2) is 11.6 Å². The fraction of sp³-hybridized carbons (Fsp3) is 0.533. The monoisotopic (exact) mass is 298 g/mol. The number of likely N-dealkylation sites (tertiary alicyclic amines) is 1. The molecule has 4 nitrogen and oxygen atoms in total. The minimum absolute atomic E-state index is 0.0281. The third-order valence-electron chi connectivity index (χ3n) is 3.70. The average molecular weight is 298 g/mol. The van der Waals surface area contributed by atoms with Gasteiger partial charge in [0.25, 0.3) is 0 Å². The standard InChI is InChI=1S/C15H20F2N2O2/c16-13-4-3-11(6-14(13)17)9-19-5-1-2-12(10-19)7-18-8-15(20)21/h3-4,6,12,18H,1-2,5,7-10H2,(H,20,21). The number of carboxylic acid groups (broad SMARTS) is 1. The van der Waals surface area contributed by atoms with Crippen LogP contribution in [0.5, 0.6) is 0 Å². The first kappa shape index (κ1) is 15.9. The highest BCUT2D eigenvalue weighted by molar-refractivity contribution is 5.68. The molecule has 116 valence electrons. The van der Waals surface area contributed by atoms with E-state index in [4.69, 9.17) is 5.11 Å². The number of piperidine rings is 1. The van der Waals surface area contributed by atoms with Gasteiger partial charge in [0, 0.05) is 13.1 Å². The van der Waals surface area contributed by atoms with Crippen molar-refractivity contribution in [2.75, 3.05) is 26.2 Å². The van der Waals surface area contributed by atoms with Crippen LogP contribution in [0, 0.1) is 17.6 Å². The Balaban J connectivity index is 1.83. The number of hydrogen-bond acceptors (Lipinski definition) is 3. The number of halogens is 2. The lowest BCUT2D eigenvalue weighted by molar-refractivity contribution is -0.136. The molecular formula is C15H20F2N2O2. The van der Waals surface area contributed by atoms with E-state index in [9.17, 15) is 13.6 Å². The Bertz CT molecular complexity index is 497. The minimum atomic E-state index is -0.857. The zero-order valence-corrected chi connectivity index (χ0v) is 11.8. The van der Waals surface area contributed by atoms with E-state index >= 15 is 0 Å². The number of hydrogen-bond donors (Lipinski definition) is 2. The van der Waals surface area contributed by atoms with E-state index in [0.29, 0.717) is 19.0 Å². The molecule has 2 N–H and O–H groups in total. The maximum Gasteiger partial charge on any atom is 0.317 e. The van der Waals surface area contributed by atoms with Gasteiger partial charge in [0.1, 0.15) is 0 Å². The van der Waals surface area contributed by atoms with Crippen molar-refractivity contribution in [1.29, 1.82) is 0 Å². The summed E-state index contributed by atoms with van der Waals surface area (Å²) in [6.45, 7) is 2.99. The summed E-state index contributed by atoms with van der Waals surface area (Å²) in [5.74, 6) is -2.11. The van der Waals surface area contributed by atoms with E-state index in [1.165, 1.54) is 6.07 Å².